The summed E-state index contributed by atoms with van der Waals surface area (Å²) >= 11 is 0. The Kier molecular flexibility index (Phi) is 5.39. The molecule has 1 aliphatic carbocycles. The molecular weight excluding hydrogens is 338 g/mol. The van der Waals surface area contributed by atoms with Gasteiger partial charge in [0.05, 0.1) is 5.56 Å². The Hall–Kier alpha value is -2.40. The van der Waals surface area contributed by atoms with Gasteiger partial charge in [-0.05, 0) is 81.5 Å². The van der Waals surface area contributed by atoms with Crippen LogP contribution in [0.3, 0.4) is 0 Å². The molecule has 27 heavy (non-hydrogen) atoms. The predicted octanol–water partition coefficient (Wildman–Crippen LogP) is 3.69. The number of carbonyl (C=O) groups excluding carboxylic acids is 1. The fraction of sp³-hybridized carbons (Fsp3) is 0.455. The van der Waals surface area contributed by atoms with E-state index in [9.17, 15) is 4.79 Å². The highest BCUT2D eigenvalue weighted by Gasteiger charge is 2.18. The molecule has 142 valence electrons. The number of piperidine rings is 1. The van der Waals surface area contributed by atoms with Crippen LogP contribution < -0.4 is 10.1 Å². The van der Waals surface area contributed by atoms with E-state index in [2.05, 4.69) is 22.2 Å². The molecule has 4 rings (SSSR count). The topological polar surface area (TPSA) is 54.5 Å². The van der Waals surface area contributed by atoms with Crippen LogP contribution in [0.5, 0.6) is 5.75 Å². The number of fused-ring (bicyclic) bond motifs is 1. The summed E-state index contributed by atoms with van der Waals surface area (Å²) in [5, 5.41) is 2.96. The maximum Gasteiger partial charge on any atom is 0.257 e. The molecule has 0 unspecified atom stereocenters. The Morgan fingerprint density at radius 3 is 2.67 bits per heavy atom. The van der Waals surface area contributed by atoms with Gasteiger partial charge in [0.15, 0.2) is 0 Å². The number of aromatic nitrogens is 1. The number of carbonyl (C=O) groups is 1. The molecule has 1 amide bonds. The van der Waals surface area contributed by atoms with E-state index < -0.39 is 0 Å². The summed E-state index contributed by atoms with van der Waals surface area (Å²) in [5.41, 5.74) is 3.76. The number of likely N-dealkylation sites (tertiary alicyclic amines) is 1. The van der Waals surface area contributed by atoms with Crippen molar-refractivity contribution in [3.63, 3.8) is 0 Å². The average molecular weight is 365 g/mol. The van der Waals surface area contributed by atoms with Crippen LogP contribution in [-0.4, -0.2) is 42.0 Å². The Morgan fingerprint density at radius 2 is 1.89 bits per heavy atom. The number of ether oxygens (including phenoxy) is 1. The molecule has 0 radical (unpaired) electrons. The van der Waals surface area contributed by atoms with Gasteiger partial charge in [-0.2, -0.15) is 0 Å². The first kappa shape index (κ1) is 18.0. The largest absolute Gasteiger partial charge is 0.490 e. The van der Waals surface area contributed by atoms with Crippen LogP contribution in [0.15, 0.2) is 36.5 Å². The number of nitrogens with one attached hydrogen (secondary N) is 1. The molecule has 1 saturated heterocycles. The van der Waals surface area contributed by atoms with Crippen LogP contribution >= 0.6 is 0 Å². The summed E-state index contributed by atoms with van der Waals surface area (Å²) < 4.78 is 6.06. The third kappa shape index (κ3) is 4.48. The third-order valence-electron chi connectivity index (χ3n) is 5.51. The predicted molar refractivity (Wildman–Crippen MR) is 106 cm³/mol. The summed E-state index contributed by atoms with van der Waals surface area (Å²) in [6, 6.07) is 9.65. The number of pyridine rings is 1. The lowest BCUT2D eigenvalue weighted by Gasteiger charge is -2.29. The molecule has 0 saturated carbocycles. The molecule has 0 spiro atoms. The molecule has 2 heterocycles. The van der Waals surface area contributed by atoms with Gasteiger partial charge < -0.3 is 15.0 Å². The summed E-state index contributed by atoms with van der Waals surface area (Å²) in [6.45, 7) is 2.15. The Bertz CT molecular complexity index is 796. The lowest BCUT2D eigenvalue weighted by molar-refractivity contribution is 0.102. The summed E-state index contributed by atoms with van der Waals surface area (Å²) in [4.78, 5) is 19.4. The number of aryl methyl sites for hydroxylation is 2. The first-order valence-electron chi connectivity index (χ1n) is 9.92. The maximum atomic E-state index is 12.5. The number of nitrogens with zero attached hydrogens (tertiary/aromatic N) is 2. The fourth-order valence-electron chi connectivity index (χ4n) is 3.83. The van der Waals surface area contributed by atoms with E-state index in [0.29, 0.717) is 5.56 Å². The minimum absolute atomic E-state index is 0.111. The highest BCUT2D eigenvalue weighted by Crippen LogP contribution is 2.23. The number of hydrogen-bond acceptors (Lipinski definition) is 4. The standard InChI is InChI=1S/C22H27N3O2/c1-25-12-10-20(11-13-25)27-19-8-6-18(7-9-19)24-22(26)17-14-16-4-2-3-5-21(16)23-15-17/h6-9,14-15,20H,2-5,10-13H2,1H3,(H,24,26). The zero-order valence-corrected chi connectivity index (χ0v) is 15.9. The summed E-state index contributed by atoms with van der Waals surface area (Å²) in [5.74, 6) is 0.748. The molecular formula is C22H27N3O2. The molecule has 0 bridgehead atoms. The quantitative estimate of drug-likeness (QED) is 0.898. The molecule has 5 heteroatoms. The molecule has 1 aromatic heterocycles. The SMILES string of the molecule is CN1CCC(Oc2ccc(NC(=O)c3cnc4c(c3)CCCC4)cc2)CC1. The lowest BCUT2D eigenvalue weighted by atomic mass is 9.95. The van der Waals surface area contributed by atoms with Crippen molar-refractivity contribution in [2.24, 2.45) is 0 Å². The van der Waals surface area contributed by atoms with Gasteiger partial charge in [-0.1, -0.05) is 0 Å². The van der Waals surface area contributed by atoms with Crippen molar-refractivity contribution in [1.29, 1.82) is 0 Å². The van der Waals surface area contributed by atoms with E-state index >= 15 is 0 Å². The number of rotatable bonds is 4. The smallest absolute Gasteiger partial charge is 0.257 e. The molecule has 2 aliphatic rings. The second kappa shape index (κ2) is 8.09. The molecule has 1 fully saturated rings. The van der Waals surface area contributed by atoms with E-state index in [1.54, 1.807) is 6.20 Å². The van der Waals surface area contributed by atoms with Crippen LogP contribution in [0.2, 0.25) is 0 Å². The first-order chi connectivity index (χ1) is 13.2. The van der Waals surface area contributed by atoms with Crippen LogP contribution in [0.1, 0.15) is 47.3 Å². The van der Waals surface area contributed by atoms with Crippen molar-refractivity contribution in [3.05, 3.63) is 53.3 Å². The highest BCUT2D eigenvalue weighted by molar-refractivity contribution is 6.04. The molecule has 1 N–H and O–H groups in total. The van der Waals surface area contributed by atoms with Gasteiger partial charge in [0.1, 0.15) is 11.9 Å². The van der Waals surface area contributed by atoms with Crippen molar-refractivity contribution in [2.45, 2.75) is 44.6 Å². The van der Waals surface area contributed by atoms with Crippen LogP contribution in [0.25, 0.3) is 0 Å². The fourth-order valence-corrected chi connectivity index (χ4v) is 3.83. The number of anilines is 1. The van der Waals surface area contributed by atoms with Gasteiger partial charge in [-0.15, -0.1) is 0 Å². The summed E-state index contributed by atoms with van der Waals surface area (Å²) in [7, 11) is 2.14. The second-order valence-electron chi connectivity index (χ2n) is 7.64. The number of amides is 1. The monoisotopic (exact) mass is 365 g/mol. The van der Waals surface area contributed by atoms with Crippen molar-refractivity contribution < 1.29 is 9.53 Å². The average Bonchev–Trinajstić information content (AvgIpc) is 2.71. The number of hydrogen-bond donors (Lipinski definition) is 1. The Labute approximate surface area is 160 Å². The van der Waals surface area contributed by atoms with Gasteiger partial charge in [0, 0.05) is 30.7 Å². The van der Waals surface area contributed by atoms with Gasteiger partial charge >= 0.3 is 0 Å². The second-order valence-corrected chi connectivity index (χ2v) is 7.64. The minimum atomic E-state index is -0.111. The van der Waals surface area contributed by atoms with Gasteiger partial charge in [0.2, 0.25) is 0 Å². The lowest BCUT2D eigenvalue weighted by Crippen LogP contribution is -2.35. The first-order valence-corrected chi connectivity index (χ1v) is 9.92. The molecule has 2 aromatic rings. The van der Waals surface area contributed by atoms with Crippen molar-refractivity contribution in [1.82, 2.24) is 9.88 Å². The van der Waals surface area contributed by atoms with Crippen LogP contribution in [0.4, 0.5) is 5.69 Å². The van der Waals surface area contributed by atoms with Gasteiger partial charge in [-0.25, -0.2) is 0 Å². The van der Waals surface area contributed by atoms with Gasteiger partial charge in [-0.3, -0.25) is 9.78 Å². The minimum Gasteiger partial charge on any atom is -0.490 e. The molecule has 5 nitrogen and oxygen atoms in total. The van der Waals surface area contributed by atoms with E-state index in [-0.39, 0.29) is 12.0 Å². The summed E-state index contributed by atoms with van der Waals surface area (Å²) in [6.07, 6.45) is 8.50. The van der Waals surface area contributed by atoms with Crippen molar-refractivity contribution in [2.75, 3.05) is 25.5 Å². The maximum absolute atomic E-state index is 12.5. The molecule has 0 atom stereocenters. The zero-order valence-electron chi connectivity index (χ0n) is 15.9. The van der Waals surface area contributed by atoms with Crippen molar-refractivity contribution in [3.8, 4) is 5.75 Å². The highest BCUT2D eigenvalue weighted by atomic mass is 16.5. The van der Waals surface area contributed by atoms with E-state index in [1.807, 2.05) is 30.3 Å². The number of benzene rings is 1. The Morgan fingerprint density at radius 1 is 1.15 bits per heavy atom. The van der Waals surface area contributed by atoms with E-state index in [1.165, 1.54) is 18.4 Å². The van der Waals surface area contributed by atoms with E-state index in [4.69, 9.17) is 4.74 Å². The Balaban J connectivity index is 1.36. The van der Waals surface area contributed by atoms with Gasteiger partial charge in [0.25, 0.3) is 5.91 Å². The van der Waals surface area contributed by atoms with Crippen molar-refractivity contribution >= 4 is 11.6 Å². The molecule has 1 aromatic carbocycles. The molecule has 1 aliphatic heterocycles. The normalized spacial score (nSPS) is 18.0. The van der Waals surface area contributed by atoms with Crippen LogP contribution in [0, 0.1) is 0 Å². The zero-order chi connectivity index (χ0) is 18.6. The van der Waals surface area contributed by atoms with Crippen LogP contribution in [-0.2, 0) is 12.8 Å². The third-order valence-corrected chi connectivity index (χ3v) is 5.51. The van der Waals surface area contributed by atoms with E-state index in [0.717, 1.165) is 55.9 Å².